The van der Waals surface area contributed by atoms with Gasteiger partial charge in [0.2, 0.25) is 11.8 Å². The molecule has 0 unspecified atom stereocenters. The van der Waals surface area contributed by atoms with Crippen molar-refractivity contribution in [2.45, 2.75) is 13.3 Å². The van der Waals surface area contributed by atoms with Crippen LogP contribution < -0.4 is 4.90 Å². The van der Waals surface area contributed by atoms with Gasteiger partial charge in [-0.2, -0.15) is 0 Å². The van der Waals surface area contributed by atoms with Gasteiger partial charge in [-0.15, -0.1) is 0 Å². The molecular formula is C20H18ClNO4. The van der Waals surface area contributed by atoms with Crippen molar-refractivity contribution in [3.63, 3.8) is 0 Å². The Labute approximate surface area is 156 Å². The number of hydrogen-bond donors (Lipinski definition) is 0. The number of imide groups is 1. The van der Waals surface area contributed by atoms with Gasteiger partial charge in [0.15, 0.2) is 0 Å². The van der Waals surface area contributed by atoms with Crippen molar-refractivity contribution in [2.24, 2.45) is 23.7 Å². The van der Waals surface area contributed by atoms with Crippen molar-refractivity contribution in [1.29, 1.82) is 0 Å². The van der Waals surface area contributed by atoms with Crippen LogP contribution >= 0.6 is 11.6 Å². The van der Waals surface area contributed by atoms with Crippen molar-refractivity contribution >= 4 is 35.1 Å². The molecular weight excluding hydrogens is 354 g/mol. The quantitative estimate of drug-likeness (QED) is 0.463. The average molecular weight is 372 g/mol. The lowest BCUT2D eigenvalue weighted by Gasteiger charge is -2.17. The second-order valence-electron chi connectivity index (χ2n) is 6.95. The number of amides is 2. The van der Waals surface area contributed by atoms with Crippen LogP contribution in [0.5, 0.6) is 0 Å². The maximum atomic E-state index is 12.8. The van der Waals surface area contributed by atoms with E-state index in [2.05, 4.69) is 12.2 Å². The van der Waals surface area contributed by atoms with Gasteiger partial charge in [0.25, 0.3) is 0 Å². The molecule has 4 atom stereocenters. The molecule has 1 saturated heterocycles. The first-order valence-electron chi connectivity index (χ1n) is 8.63. The fraction of sp³-hybridized carbons (Fsp3) is 0.350. The lowest BCUT2D eigenvalue weighted by atomic mass is 9.85. The highest BCUT2D eigenvalue weighted by atomic mass is 35.5. The SMILES string of the molecule is C/C(Cl)=C\COC(=O)c1ccc(N2C(=O)[C@H]3[C@H](C2=O)[C@H]2C=C[C@H]3C2)cc1. The highest BCUT2D eigenvalue weighted by Crippen LogP contribution is 2.53. The van der Waals surface area contributed by atoms with E-state index in [9.17, 15) is 14.4 Å². The monoisotopic (exact) mass is 371 g/mol. The van der Waals surface area contributed by atoms with Crippen LogP contribution in [0.4, 0.5) is 5.69 Å². The van der Waals surface area contributed by atoms with Gasteiger partial charge in [0, 0.05) is 5.03 Å². The summed E-state index contributed by atoms with van der Waals surface area (Å²) in [7, 11) is 0. The first-order valence-corrected chi connectivity index (χ1v) is 9.01. The highest BCUT2D eigenvalue weighted by Gasteiger charge is 2.59. The minimum absolute atomic E-state index is 0.0954. The fourth-order valence-electron chi connectivity index (χ4n) is 4.22. The van der Waals surface area contributed by atoms with Crippen LogP contribution in [-0.2, 0) is 14.3 Å². The minimum Gasteiger partial charge on any atom is -0.458 e. The standard InChI is InChI=1S/C20H18ClNO4/c1-11(21)8-9-26-20(25)12-4-6-15(7-5-12)22-18(23)16-13-2-3-14(10-13)17(16)19(22)24/h2-8,13-14,16-17H,9-10H2,1H3/b11-8+/t13-,14-,16+,17+/m0/s1. The van der Waals surface area contributed by atoms with E-state index in [1.165, 1.54) is 4.90 Å². The Balaban J connectivity index is 1.49. The number of carbonyl (C=O) groups is 3. The van der Waals surface area contributed by atoms with Gasteiger partial charge in [-0.05, 0) is 55.5 Å². The summed E-state index contributed by atoms with van der Waals surface area (Å²) < 4.78 is 5.09. The zero-order valence-electron chi connectivity index (χ0n) is 14.2. The molecule has 26 heavy (non-hydrogen) atoms. The minimum atomic E-state index is -0.482. The van der Waals surface area contributed by atoms with E-state index in [1.54, 1.807) is 37.3 Å². The number of halogens is 1. The predicted molar refractivity (Wildman–Crippen MR) is 96.5 cm³/mol. The zero-order valence-corrected chi connectivity index (χ0v) is 15.0. The molecule has 2 amide bonds. The molecule has 3 aliphatic rings. The lowest BCUT2D eigenvalue weighted by molar-refractivity contribution is -0.123. The molecule has 5 nitrogen and oxygen atoms in total. The number of fused-ring (bicyclic) bond motifs is 5. The van der Waals surface area contributed by atoms with E-state index in [0.717, 1.165) is 6.42 Å². The Morgan fingerprint density at radius 3 is 2.27 bits per heavy atom. The van der Waals surface area contributed by atoms with Gasteiger partial charge in [0.05, 0.1) is 23.1 Å². The molecule has 134 valence electrons. The summed E-state index contributed by atoms with van der Waals surface area (Å²) >= 11 is 5.69. The second-order valence-corrected chi connectivity index (χ2v) is 7.54. The molecule has 6 heteroatoms. The van der Waals surface area contributed by atoms with Crippen LogP contribution in [-0.4, -0.2) is 24.4 Å². The van der Waals surface area contributed by atoms with E-state index < -0.39 is 5.97 Å². The number of nitrogens with zero attached hydrogens (tertiary/aromatic N) is 1. The number of benzene rings is 1. The van der Waals surface area contributed by atoms with Crippen molar-refractivity contribution in [3.8, 4) is 0 Å². The predicted octanol–water partition coefficient (Wildman–Crippen LogP) is 3.30. The largest absolute Gasteiger partial charge is 0.458 e. The van der Waals surface area contributed by atoms with Crippen LogP contribution in [0.1, 0.15) is 23.7 Å². The summed E-state index contributed by atoms with van der Waals surface area (Å²) in [5.74, 6) is -0.840. The van der Waals surface area contributed by atoms with Gasteiger partial charge < -0.3 is 4.74 Å². The molecule has 2 bridgehead atoms. The first-order chi connectivity index (χ1) is 12.5. The molecule has 0 spiro atoms. The Morgan fingerprint density at radius 1 is 1.15 bits per heavy atom. The molecule has 1 aromatic carbocycles. The normalized spacial score (nSPS) is 29.5. The zero-order chi connectivity index (χ0) is 18.4. The third-order valence-corrected chi connectivity index (χ3v) is 5.56. The lowest BCUT2D eigenvalue weighted by Crippen LogP contribution is -2.32. The third kappa shape index (κ3) is 2.67. The van der Waals surface area contributed by atoms with Gasteiger partial charge in [-0.3, -0.25) is 14.5 Å². The molecule has 1 heterocycles. The van der Waals surface area contributed by atoms with Crippen LogP contribution in [0.15, 0.2) is 47.5 Å². The third-order valence-electron chi connectivity index (χ3n) is 5.41. The molecule has 2 aliphatic carbocycles. The summed E-state index contributed by atoms with van der Waals surface area (Å²) in [6.45, 7) is 1.80. The molecule has 0 N–H and O–H groups in total. The van der Waals surface area contributed by atoms with Gasteiger partial charge in [-0.25, -0.2) is 4.79 Å². The second kappa shape index (κ2) is 6.40. The van der Waals surface area contributed by atoms with E-state index in [0.29, 0.717) is 16.3 Å². The molecule has 1 aliphatic heterocycles. The summed E-state index contributed by atoms with van der Waals surface area (Å²) in [5.41, 5.74) is 0.859. The number of allylic oxidation sites excluding steroid dienone is 3. The number of carbonyl (C=O) groups excluding carboxylic acids is 3. The average Bonchev–Trinajstić information content (AvgIpc) is 3.29. The summed E-state index contributed by atoms with van der Waals surface area (Å²) in [4.78, 5) is 38.8. The van der Waals surface area contributed by atoms with E-state index >= 15 is 0 Å². The summed E-state index contributed by atoms with van der Waals surface area (Å²) in [5, 5.41) is 0.549. The van der Waals surface area contributed by atoms with E-state index in [-0.39, 0.29) is 42.1 Å². The van der Waals surface area contributed by atoms with Crippen molar-refractivity contribution in [3.05, 3.63) is 53.1 Å². The summed E-state index contributed by atoms with van der Waals surface area (Å²) in [6, 6.07) is 6.36. The smallest absolute Gasteiger partial charge is 0.338 e. The van der Waals surface area contributed by atoms with Crippen LogP contribution in [0, 0.1) is 23.7 Å². The number of anilines is 1. The Morgan fingerprint density at radius 2 is 1.73 bits per heavy atom. The number of esters is 1. The van der Waals surface area contributed by atoms with Gasteiger partial charge in [0.1, 0.15) is 6.61 Å². The summed E-state index contributed by atoms with van der Waals surface area (Å²) in [6.07, 6.45) is 6.63. The van der Waals surface area contributed by atoms with Gasteiger partial charge >= 0.3 is 5.97 Å². The maximum absolute atomic E-state index is 12.8. The topological polar surface area (TPSA) is 63.7 Å². The van der Waals surface area contributed by atoms with Crippen LogP contribution in [0.25, 0.3) is 0 Å². The molecule has 4 rings (SSSR count). The Bertz CT molecular complexity index is 808. The van der Waals surface area contributed by atoms with Gasteiger partial charge in [-0.1, -0.05) is 23.8 Å². The Kier molecular flexibility index (Phi) is 4.19. The molecule has 0 radical (unpaired) electrons. The number of ether oxygens (including phenoxy) is 1. The van der Waals surface area contributed by atoms with Crippen molar-refractivity contribution in [1.82, 2.24) is 0 Å². The molecule has 1 saturated carbocycles. The van der Waals surface area contributed by atoms with Crippen LogP contribution in [0.2, 0.25) is 0 Å². The number of rotatable bonds is 4. The van der Waals surface area contributed by atoms with Crippen molar-refractivity contribution in [2.75, 3.05) is 11.5 Å². The van der Waals surface area contributed by atoms with Crippen LogP contribution in [0.3, 0.4) is 0 Å². The first kappa shape index (κ1) is 17.0. The molecule has 0 aromatic heterocycles. The highest BCUT2D eigenvalue weighted by molar-refractivity contribution is 6.29. The van der Waals surface area contributed by atoms with E-state index in [4.69, 9.17) is 16.3 Å². The van der Waals surface area contributed by atoms with Crippen molar-refractivity contribution < 1.29 is 19.1 Å². The number of hydrogen-bond acceptors (Lipinski definition) is 4. The fourth-order valence-corrected chi connectivity index (χ4v) is 4.28. The molecule has 2 fully saturated rings. The van der Waals surface area contributed by atoms with E-state index in [1.807, 2.05) is 0 Å². The maximum Gasteiger partial charge on any atom is 0.338 e. The Hall–Kier alpha value is -2.40. The molecule has 1 aromatic rings.